The Balaban J connectivity index is 1.43. The maximum Gasteiger partial charge on any atom is 0.270 e. The minimum absolute atomic E-state index is 0.00529. The second-order valence-corrected chi connectivity index (χ2v) is 5.77. The van der Waals surface area contributed by atoms with E-state index in [0.29, 0.717) is 17.8 Å². The van der Waals surface area contributed by atoms with Gasteiger partial charge in [-0.05, 0) is 37.8 Å². The van der Waals surface area contributed by atoms with Crippen molar-refractivity contribution in [1.82, 2.24) is 20.9 Å². The van der Waals surface area contributed by atoms with Crippen molar-refractivity contribution in [2.75, 3.05) is 6.54 Å². The first-order valence-electron chi connectivity index (χ1n) is 7.45. The number of amides is 2. The molecule has 1 aromatic heterocycles. The first kappa shape index (κ1) is 14.0. The zero-order valence-corrected chi connectivity index (χ0v) is 11.8. The van der Waals surface area contributed by atoms with Crippen molar-refractivity contribution in [3.63, 3.8) is 0 Å². The molecule has 2 aliphatic heterocycles. The van der Waals surface area contributed by atoms with Crippen LogP contribution in [0.3, 0.4) is 0 Å². The van der Waals surface area contributed by atoms with Gasteiger partial charge in [0.2, 0.25) is 5.91 Å². The Hall–Kier alpha value is -1.95. The van der Waals surface area contributed by atoms with E-state index in [1.807, 2.05) is 0 Å². The van der Waals surface area contributed by atoms with Crippen molar-refractivity contribution in [2.24, 2.45) is 0 Å². The summed E-state index contributed by atoms with van der Waals surface area (Å²) in [6.07, 6.45) is 5.92. The highest BCUT2D eigenvalue weighted by Crippen LogP contribution is 2.26. The van der Waals surface area contributed by atoms with Crippen molar-refractivity contribution in [1.29, 1.82) is 0 Å². The first-order chi connectivity index (χ1) is 10.2. The van der Waals surface area contributed by atoms with Crippen LogP contribution >= 0.6 is 0 Å². The molecular formula is C15H20N4O2. The minimum atomic E-state index is -0.323. The Morgan fingerprint density at radius 3 is 2.67 bits per heavy atom. The second-order valence-electron chi connectivity index (χ2n) is 5.77. The lowest BCUT2D eigenvalue weighted by atomic mass is 10.00. The molecule has 2 fully saturated rings. The third-order valence-electron chi connectivity index (χ3n) is 4.15. The molecule has 2 aliphatic rings. The van der Waals surface area contributed by atoms with Crippen LogP contribution in [0.15, 0.2) is 24.4 Å². The number of hydrogen-bond donors (Lipinski definition) is 3. The van der Waals surface area contributed by atoms with E-state index >= 15 is 0 Å². The van der Waals surface area contributed by atoms with Crippen molar-refractivity contribution < 1.29 is 9.59 Å². The van der Waals surface area contributed by atoms with Crippen LogP contribution in [-0.2, 0) is 4.79 Å². The average molecular weight is 288 g/mol. The molecule has 2 unspecified atom stereocenters. The summed E-state index contributed by atoms with van der Waals surface area (Å²) in [5.41, 5.74) is 0.324. The maximum atomic E-state index is 11.9. The molecule has 112 valence electrons. The third kappa shape index (κ3) is 3.58. The molecule has 3 N–H and O–H groups in total. The molecule has 21 heavy (non-hydrogen) atoms. The summed E-state index contributed by atoms with van der Waals surface area (Å²) in [6.45, 7) is -0.00529. The number of pyridine rings is 1. The number of carbonyl (C=O) groups is 2. The van der Waals surface area contributed by atoms with E-state index in [9.17, 15) is 9.59 Å². The molecule has 2 saturated heterocycles. The highest BCUT2D eigenvalue weighted by Gasteiger charge is 2.33. The van der Waals surface area contributed by atoms with Crippen LogP contribution in [0.4, 0.5) is 0 Å². The summed E-state index contributed by atoms with van der Waals surface area (Å²) in [5, 5.41) is 9.15. The van der Waals surface area contributed by atoms with Gasteiger partial charge in [0.15, 0.2) is 0 Å². The Bertz CT molecular complexity index is 508. The van der Waals surface area contributed by atoms with Gasteiger partial charge in [0.05, 0.1) is 6.54 Å². The smallest absolute Gasteiger partial charge is 0.270 e. The zero-order chi connectivity index (χ0) is 14.7. The van der Waals surface area contributed by atoms with Crippen molar-refractivity contribution in [3.8, 4) is 0 Å². The van der Waals surface area contributed by atoms with Gasteiger partial charge in [0.1, 0.15) is 5.69 Å². The summed E-state index contributed by atoms with van der Waals surface area (Å²) in [7, 11) is 0. The molecule has 1 aromatic rings. The monoisotopic (exact) mass is 288 g/mol. The fraction of sp³-hybridized carbons (Fsp3) is 0.533. The van der Waals surface area contributed by atoms with E-state index in [1.54, 1.807) is 24.4 Å². The second kappa shape index (κ2) is 6.22. The predicted molar refractivity (Wildman–Crippen MR) is 77.7 cm³/mol. The van der Waals surface area contributed by atoms with E-state index < -0.39 is 0 Å². The van der Waals surface area contributed by atoms with Gasteiger partial charge >= 0.3 is 0 Å². The predicted octanol–water partition coefficient (Wildman–Crippen LogP) is 0.211. The van der Waals surface area contributed by atoms with Crippen molar-refractivity contribution >= 4 is 11.8 Å². The Morgan fingerprint density at radius 2 is 2.00 bits per heavy atom. The van der Waals surface area contributed by atoms with Gasteiger partial charge in [0, 0.05) is 24.3 Å². The number of carbonyl (C=O) groups excluding carboxylic acids is 2. The maximum absolute atomic E-state index is 11.9. The van der Waals surface area contributed by atoms with Gasteiger partial charge in [-0.2, -0.15) is 0 Å². The molecule has 2 amide bonds. The van der Waals surface area contributed by atoms with Gasteiger partial charge in [-0.15, -0.1) is 0 Å². The van der Waals surface area contributed by atoms with E-state index in [1.165, 1.54) is 12.8 Å². The molecule has 0 spiro atoms. The van der Waals surface area contributed by atoms with Crippen LogP contribution in [0.2, 0.25) is 0 Å². The average Bonchev–Trinajstić information content (AvgIpc) is 2.84. The molecule has 0 radical (unpaired) electrons. The number of hydrogen-bond acceptors (Lipinski definition) is 4. The molecule has 0 aromatic carbocycles. The summed E-state index contributed by atoms with van der Waals surface area (Å²) >= 11 is 0. The van der Waals surface area contributed by atoms with Crippen molar-refractivity contribution in [2.45, 2.75) is 43.8 Å². The lowest BCUT2D eigenvalue weighted by molar-refractivity contribution is -0.121. The molecule has 3 rings (SSSR count). The van der Waals surface area contributed by atoms with Crippen LogP contribution in [0.1, 0.15) is 36.2 Å². The third-order valence-corrected chi connectivity index (χ3v) is 4.15. The number of rotatable bonds is 4. The standard InChI is InChI=1S/C15H20N4O2/c20-14(9-17-15(21)13-3-1-2-6-16-13)19-12-7-10-4-5-11(8-12)18-10/h1-3,6,10-12,18H,4-5,7-9H2,(H,17,21)(H,19,20). The molecule has 2 bridgehead atoms. The largest absolute Gasteiger partial charge is 0.352 e. The summed E-state index contributed by atoms with van der Waals surface area (Å²) in [6, 6.07) is 6.41. The Labute approximate surface area is 123 Å². The number of fused-ring (bicyclic) bond motifs is 2. The van der Waals surface area contributed by atoms with Gasteiger partial charge in [-0.1, -0.05) is 6.07 Å². The molecular weight excluding hydrogens is 268 g/mol. The van der Waals surface area contributed by atoms with E-state index in [0.717, 1.165) is 12.8 Å². The number of aromatic nitrogens is 1. The quantitative estimate of drug-likeness (QED) is 0.739. The number of nitrogens with zero attached hydrogens (tertiary/aromatic N) is 1. The molecule has 0 aliphatic carbocycles. The van der Waals surface area contributed by atoms with Gasteiger partial charge < -0.3 is 16.0 Å². The number of nitrogens with one attached hydrogen (secondary N) is 3. The van der Waals surface area contributed by atoms with Crippen molar-refractivity contribution in [3.05, 3.63) is 30.1 Å². The van der Waals surface area contributed by atoms with E-state index in [2.05, 4.69) is 20.9 Å². The van der Waals surface area contributed by atoms with Gasteiger partial charge in [-0.3, -0.25) is 14.6 Å². The van der Waals surface area contributed by atoms with Crippen LogP contribution < -0.4 is 16.0 Å². The normalized spacial score (nSPS) is 27.1. The van der Waals surface area contributed by atoms with E-state index in [-0.39, 0.29) is 24.4 Å². The molecule has 6 nitrogen and oxygen atoms in total. The van der Waals surface area contributed by atoms with Crippen LogP contribution in [0, 0.1) is 0 Å². The van der Waals surface area contributed by atoms with Crippen LogP contribution in [-0.4, -0.2) is 41.5 Å². The van der Waals surface area contributed by atoms with Crippen LogP contribution in [0.25, 0.3) is 0 Å². The fourth-order valence-corrected chi connectivity index (χ4v) is 3.20. The lowest BCUT2D eigenvalue weighted by Gasteiger charge is -2.29. The minimum Gasteiger partial charge on any atom is -0.352 e. The van der Waals surface area contributed by atoms with Gasteiger partial charge in [0.25, 0.3) is 5.91 Å². The van der Waals surface area contributed by atoms with Crippen LogP contribution in [0.5, 0.6) is 0 Å². The topological polar surface area (TPSA) is 83.1 Å². The summed E-state index contributed by atoms with van der Waals surface area (Å²) in [5.74, 6) is -0.457. The first-order valence-corrected chi connectivity index (χ1v) is 7.45. The number of piperidine rings is 1. The Kier molecular flexibility index (Phi) is 4.15. The summed E-state index contributed by atoms with van der Waals surface area (Å²) < 4.78 is 0. The fourth-order valence-electron chi connectivity index (χ4n) is 3.20. The SMILES string of the molecule is O=C(CNC(=O)c1ccccn1)NC1CC2CCC(C1)N2. The zero-order valence-electron chi connectivity index (χ0n) is 11.8. The lowest BCUT2D eigenvalue weighted by Crippen LogP contribution is -2.50. The Morgan fingerprint density at radius 1 is 1.24 bits per heavy atom. The highest BCUT2D eigenvalue weighted by molar-refractivity contribution is 5.94. The molecule has 3 heterocycles. The van der Waals surface area contributed by atoms with E-state index in [4.69, 9.17) is 0 Å². The molecule has 6 heteroatoms. The molecule has 0 saturated carbocycles. The van der Waals surface area contributed by atoms with Gasteiger partial charge in [-0.25, -0.2) is 0 Å². The summed E-state index contributed by atoms with van der Waals surface area (Å²) in [4.78, 5) is 27.7. The highest BCUT2D eigenvalue weighted by atomic mass is 16.2. The molecule has 2 atom stereocenters.